The summed E-state index contributed by atoms with van der Waals surface area (Å²) in [5.74, 6) is 1.17. The Balaban J connectivity index is 1.62. The fraction of sp³-hybridized carbons (Fsp3) is 0.562. The maximum atomic E-state index is 12.9. The Morgan fingerprint density at radius 3 is 2.91 bits per heavy atom. The van der Waals surface area contributed by atoms with Crippen molar-refractivity contribution in [2.24, 2.45) is 0 Å². The molecule has 23 heavy (non-hydrogen) atoms. The van der Waals surface area contributed by atoms with E-state index in [0.29, 0.717) is 31.4 Å². The van der Waals surface area contributed by atoms with Crippen molar-refractivity contribution in [2.45, 2.75) is 38.6 Å². The lowest BCUT2D eigenvalue weighted by Gasteiger charge is -2.35. The van der Waals surface area contributed by atoms with Gasteiger partial charge in [-0.1, -0.05) is 5.16 Å². The van der Waals surface area contributed by atoms with E-state index in [2.05, 4.69) is 15.4 Å². The molecule has 0 aromatic carbocycles. The van der Waals surface area contributed by atoms with Crippen LogP contribution >= 0.6 is 0 Å². The number of aromatic amines is 1. The normalized spacial score (nSPS) is 21.7. The predicted octanol–water partition coefficient (Wildman–Crippen LogP) is 2.11. The highest BCUT2D eigenvalue weighted by atomic mass is 16.5. The van der Waals surface area contributed by atoms with Gasteiger partial charge in [-0.25, -0.2) is 0 Å². The quantitative estimate of drug-likeness (QED) is 0.937. The highest BCUT2D eigenvalue weighted by Gasteiger charge is 2.35. The van der Waals surface area contributed by atoms with Crippen molar-refractivity contribution in [3.8, 4) is 0 Å². The van der Waals surface area contributed by atoms with Crippen molar-refractivity contribution in [1.82, 2.24) is 20.3 Å². The van der Waals surface area contributed by atoms with Crippen LogP contribution in [0.2, 0.25) is 0 Å². The van der Waals surface area contributed by atoms with E-state index in [1.165, 1.54) is 0 Å². The maximum absolute atomic E-state index is 12.9. The molecule has 1 aliphatic carbocycles. The van der Waals surface area contributed by atoms with Crippen LogP contribution in [0, 0.1) is 13.8 Å². The molecule has 1 N–H and O–H groups in total. The van der Waals surface area contributed by atoms with Gasteiger partial charge in [0.15, 0.2) is 5.69 Å². The number of morpholine rings is 1. The summed E-state index contributed by atoms with van der Waals surface area (Å²) in [6.45, 7) is 5.45. The SMILES string of the molecule is Cc1n[nH]c(C)c1C1COCCN1C(=O)c1cc(C2CC2)on1. The van der Waals surface area contributed by atoms with Crippen molar-refractivity contribution in [3.63, 3.8) is 0 Å². The van der Waals surface area contributed by atoms with E-state index in [1.807, 2.05) is 18.7 Å². The van der Waals surface area contributed by atoms with Gasteiger partial charge in [0.05, 0.1) is 24.9 Å². The fourth-order valence-electron chi connectivity index (χ4n) is 3.23. The van der Waals surface area contributed by atoms with E-state index in [9.17, 15) is 4.79 Å². The molecule has 2 aliphatic rings. The van der Waals surface area contributed by atoms with Crippen LogP contribution in [0.15, 0.2) is 10.6 Å². The van der Waals surface area contributed by atoms with Crippen molar-refractivity contribution >= 4 is 5.91 Å². The maximum Gasteiger partial charge on any atom is 0.276 e. The van der Waals surface area contributed by atoms with Gasteiger partial charge in [0.25, 0.3) is 5.91 Å². The standard InChI is InChI=1S/C16H20N4O3/c1-9-15(10(2)18-17-9)13-8-22-6-5-20(13)16(21)12-7-14(23-19-12)11-3-4-11/h7,11,13H,3-6,8H2,1-2H3,(H,17,18). The lowest BCUT2D eigenvalue weighted by atomic mass is 10.0. The second kappa shape index (κ2) is 5.49. The molecule has 1 atom stereocenters. The predicted molar refractivity (Wildman–Crippen MR) is 81.1 cm³/mol. The van der Waals surface area contributed by atoms with Gasteiger partial charge >= 0.3 is 0 Å². The third-order valence-corrected chi connectivity index (χ3v) is 4.63. The molecule has 4 rings (SSSR count). The second-order valence-corrected chi connectivity index (χ2v) is 6.33. The van der Waals surface area contributed by atoms with E-state index >= 15 is 0 Å². The molecular formula is C16H20N4O3. The van der Waals surface area contributed by atoms with Crippen LogP contribution in [0.25, 0.3) is 0 Å². The zero-order chi connectivity index (χ0) is 16.0. The van der Waals surface area contributed by atoms with Crippen LogP contribution in [0.3, 0.4) is 0 Å². The van der Waals surface area contributed by atoms with Crippen LogP contribution in [0.5, 0.6) is 0 Å². The van der Waals surface area contributed by atoms with Crippen LogP contribution < -0.4 is 0 Å². The number of aryl methyl sites for hydroxylation is 2. The van der Waals surface area contributed by atoms with Gasteiger partial charge in [0.2, 0.25) is 0 Å². The van der Waals surface area contributed by atoms with Crippen LogP contribution in [-0.2, 0) is 4.74 Å². The second-order valence-electron chi connectivity index (χ2n) is 6.33. The van der Waals surface area contributed by atoms with Crippen LogP contribution in [0.4, 0.5) is 0 Å². The molecule has 2 aromatic heterocycles. The smallest absolute Gasteiger partial charge is 0.276 e. The largest absolute Gasteiger partial charge is 0.377 e. The minimum atomic E-state index is -0.143. The molecule has 0 bridgehead atoms. The number of rotatable bonds is 3. The van der Waals surface area contributed by atoms with E-state index < -0.39 is 0 Å². The van der Waals surface area contributed by atoms with E-state index in [-0.39, 0.29) is 11.9 Å². The van der Waals surface area contributed by atoms with Crippen molar-refractivity contribution in [3.05, 3.63) is 34.5 Å². The Hall–Kier alpha value is -2.15. The molecule has 1 amide bonds. The molecule has 1 saturated heterocycles. The Morgan fingerprint density at radius 2 is 2.22 bits per heavy atom. The number of amides is 1. The van der Waals surface area contributed by atoms with Crippen molar-refractivity contribution < 1.29 is 14.1 Å². The van der Waals surface area contributed by atoms with Crippen molar-refractivity contribution in [1.29, 1.82) is 0 Å². The molecule has 0 radical (unpaired) electrons. The Bertz CT molecular complexity index is 712. The van der Waals surface area contributed by atoms with E-state index in [0.717, 1.165) is 35.6 Å². The summed E-state index contributed by atoms with van der Waals surface area (Å²) < 4.78 is 10.9. The highest BCUT2D eigenvalue weighted by molar-refractivity contribution is 5.92. The summed E-state index contributed by atoms with van der Waals surface area (Å²) in [6.07, 6.45) is 2.24. The molecule has 2 fully saturated rings. The van der Waals surface area contributed by atoms with Gasteiger partial charge in [0.1, 0.15) is 5.76 Å². The minimum Gasteiger partial charge on any atom is -0.377 e. The molecular weight excluding hydrogens is 296 g/mol. The number of nitrogens with one attached hydrogen (secondary N) is 1. The Kier molecular flexibility index (Phi) is 3.45. The molecule has 1 saturated carbocycles. The average Bonchev–Trinajstić information content (AvgIpc) is 3.20. The molecule has 3 heterocycles. The van der Waals surface area contributed by atoms with Gasteiger partial charge in [-0.15, -0.1) is 0 Å². The minimum absolute atomic E-state index is 0.103. The third-order valence-electron chi connectivity index (χ3n) is 4.63. The monoisotopic (exact) mass is 316 g/mol. The van der Waals surface area contributed by atoms with Gasteiger partial charge in [-0.2, -0.15) is 5.10 Å². The summed E-state index contributed by atoms with van der Waals surface area (Å²) in [4.78, 5) is 14.7. The summed E-state index contributed by atoms with van der Waals surface area (Å²) in [6, 6.07) is 1.65. The number of aromatic nitrogens is 3. The topological polar surface area (TPSA) is 84.2 Å². The van der Waals surface area contributed by atoms with Crippen molar-refractivity contribution in [2.75, 3.05) is 19.8 Å². The number of H-pyrrole nitrogens is 1. The van der Waals surface area contributed by atoms with Gasteiger partial charge < -0.3 is 14.2 Å². The molecule has 2 aromatic rings. The highest BCUT2D eigenvalue weighted by Crippen LogP contribution is 2.40. The lowest BCUT2D eigenvalue weighted by molar-refractivity contribution is -0.00352. The molecule has 7 heteroatoms. The first kappa shape index (κ1) is 14.4. The Morgan fingerprint density at radius 1 is 1.39 bits per heavy atom. The first-order valence-electron chi connectivity index (χ1n) is 8.02. The van der Waals surface area contributed by atoms with E-state index in [4.69, 9.17) is 9.26 Å². The summed E-state index contributed by atoms with van der Waals surface area (Å²) in [5.41, 5.74) is 3.28. The first-order valence-corrected chi connectivity index (χ1v) is 8.02. The number of nitrogens with zero attached hydrogens (tertiary/aromatic N) is 3. The van der Waals surface area contributed by atoms with E-state index in [1.54, 1.807) is 6.07 Å². The Labute approximate surface area is 134 Å². The number of carbonyl (C=O) groups is 1. The summed E-state index contributed by atoms with van der Waals surface area (Å²) in [7, 11) is 0. The zero-order valence-electron chi connectivity index (χ0n) is 13.3. The van der Waals surface area contributed by atoms with Gasteiger partial charge in [0, 0.05) is 29.8 Å². The van der Waals surface area contributed by atoms with Crippen LogP contribution in [-0.4, -0.2) is 45.9 Å². The van der Waals surface area contributed by atoms with Crippen LogP contribution in [0.1, 0.15) is 58.0 Å². The molecule has 1 aliphatic heterocycles. The summed E-state index contributed by atoms with van der Waals surface area (Å²) in [5, 5.41) is 11.2. The molecule has 0 spiro atoms. The first-order chi connectivity index (χ1) is 11.1. The fourth-order valence-corrected chi connectivity index (χ4v) is 3.23. The van der Waals surface area contributed by atoms with Gasteiger partial charge in [-0.05, 0) is 26.7 Å². The average molecular weight is 316 g/mol. The van der Waals surface area contributed by atoms with Gasteiger partial charge in [-0.3, -0.25) is 9.89 Å². The molecule has 122 valence electrons. The number of hydrogen-bond donors (Lipinski definition) is 1. The lowest BCUT2D eigenvalue weighted by Crippen LogP contribution is -2.43. The third kappa shape index (κ3) is 2.55. The zero-order valence-corrected chi connectivity index (χ0v) is 13.3. The molecule has 1 unspecified atom stereocenters. The summed E-state index contributed by atoms with van der Waals surface area (Å²) >= 11 is 0. The number of carbonyl (C=O) groups excluding carboxylic acids is 1. The molecule has 7 nitrogen and oxygen atoms in total. The number of hydrogen-bond acceptors (Lipinski definition) is 5. The number of ether oxygens (including phenoxy) is 1.